The minimum atomic E-state index is -0.588. The predicted octanol–water partition coefficient (Wildman–Crippen LogP) is -0.317. The first-order chi connectivity index (χ1) is 12.1. The van der Waals surface area contributed by atoms with Crippen LogP contribution >= 0.6 is 0 Å². The molecule has 134 valence electrons. The van der Waals surface area contributed by atoms with Crippen molar-refractivity contribution in [3.05, 3.63) is 29.8 Å². The first kappa shape index (κ1) is 16.4. The summed E-state index contributed by atoms with van der Waals surface area (Å²) in [7, 11) is 1.64. The summed E-state index contributed by atoms with van der Waals surface area (Å²) in [5.41, 5.74) is 1.15. The first-order valence-corrected chi connectivity index (χ1v) is 8.71. The Balaban J connectivity index is 1.46. The number of methoxy groups -OCH3 is 1. The van der Waals surface area contributed by atoms with Crippen LogP contribution in [0.2, 0.25) is 0 Å². The van der Waals surface area contributed by atoms with E-state index in [9.17, 15) is 14.7 Å². The highest BCUT2D eigenvalue weighted by Gasteiger charge is 2.51. The Morgan fingerprint density at radius 2 is 1.76 bits per heavy atom. The molecule has 0 radical (unpaired) electrons. The van der Waals surface area contributed by atoms with Crippen molar-refractivity contribution in [3.8, 4) is 5.75 Å². The zero-order valence-electron chi connectivity index (χ0n) is 14.3. The van der Waals surface area contributed by atoms with Crippen LogP contribution in [0, 0.1) is 0 Å². The Labute approximate surface area is 146 Å². The van der Waals surface area contributed by atoms with Crippen LogP contribution in [-0.2, 0) is 16.1 Å². The van der Waals surface area contributed by atoms with Crippen LogP contribution in [0.3, 0.4) is 0 Å². The number of hydrogen-bond donors (Lipinski definition) is 1. The molecule has 7 nitrogen and oxygen atoms in total. The lowest BCUT2D eigenvalue weighted by Crippen LogP contribution is -2.68. The smallest absolute Gasteiger partial charge is 0.247 e. The van der Waals surface area contributed by atoms with Crippen molar-refractivity contribution in [3.63, 3.8) is 0 Å². The van der Waals surface area contributed by atoms with Crippen LogP contribution in [0.1, 0.15) is 12.0 Å². The monoisotopic (exact) mass is 345 g/mol. The molecule has 3 fully saturated rings. The molecule has 0 bridgehead atoms. The van der Waals surface area contributed by atoms with Gasteiger partial charge in [-0.3, -0.25) is 14.5 Å². The molecule has 0 unspecified atom stereocenters. The largest absolute Gasteiger partial charge is 0.497 e. The standard InChI is InChI=1S/C18H23N3O4/c1-25-14-4-2-12(3-5-14)9-19-6-7-20-16(11-19)18(24)21-10-13(22)8-15(21)17(20)23/h2-5,13,15-16,22H,6-11H2,1H3/t13-,15+,16-/m1/s1. The molecule has 3 aliphatic heterocycles. The van der Waals surface area contributed by atoms with Crippen molar-refractivity contribution in [1.29, 1.82) is 0 Å². The fourth-order valence-corrected chi connectivity index (χ4v) is 4.12. The Kier molecular flexibility index (Phi) is 4.13. The average molecular weight is 345 g/mol. The van der Waals surface area contributed by atoms with Crippen LogP contribution in [-0.4, -0.2) is 83.1 Å². The zero-order valence-corrected chi connectivity index (χ0v) is 14.3. The lowest BCUT2D eigenvalue weighted by molar-refractivity contribution is -0.163. The Morgan fingerprint density at radius 3 is 2.48 bits per heavy atom. The number of benzene rings is 1. The maximum absolute atomic E-state index is 12.8. The van der Waals surface area contributed by atoms with Gasteiger partial charge in [0.15, 0.2) is 0 Å². The molecule has 3 atom stereocenters. The fourth-order valence-electron chi connectivity index (χ4n) is 4.12. The van der Waals surface area contributed by atoms with E-state index in [2.05, 4.69) is 4.90 Å². The molecule has 0 aromatic heterocycles. The van der Waals surface area contributed by atoms with E-state index in [1.807, 2.05) is 24.3 Å². The number of carbonyl (C=O) groups excluding carboxylic acids is 2. The molecule has 1 aromatic carbocycles. The molecule has 3 saturated heterocycles. The summed E-state index contributed by atoms with van der Waals surface area (Å²) >= 11 is 0. The summed E-state index contributed by atoms with van der Waals surface area (Å²) < 4.78 is 5.18. The minimum absolute atomic E-state index is 0.00903. The second-order valence-corrected chi connectivity index (χ2v) is 7.03. The van der Waals surface area contributed by atoms with Crippen LogP contribution in [0.15, 0.2) is 24.3 Å². The number of nitrogens with zero attached hydrogens (tertiary/aromatic N) is 3. The molecule has 7 heteroatoms. The van der Waals surface area contributed by atoms with E-state index in [4.69, 9.17) is 4.74 Å². The number of ether oxygens (including phenoxy) is 1. The molecule has 3 aliphatic rings. The Bertz CT molecular complexity index is 677. The van der Waals surface area contributed by atoms with E-state index in [0.29, 0.717) is 19.5 Å². The zero-order chi connectivity index (χ0) is 17.6. The van der Waals surface area contributed by atoms with Gasteiger partial charge >= 0.3 is 0 Å². The average Bonchev–Trinajstić information content (AvgIpc) is 3.02. The molecule has 3 heterocycles. The Hall–Kier alpha value is -2.12. The number of aliphatic hydroxyl groups excluding tert-OH is 1. The third-order valence-electron chi connectivity index (χ3n) is 5.45. The molecule has 0 saturated carbocycles. The number of carbonyl (C=O) groups is 2. The molecule has 0 spiro atoms. The van der Waals surface area contributed by atoms with Crippen molar-refractivity contribution in [2.24, 2.45) is 0 Å². The SMILES string of the molecule is COc1ccc(CN2CCN3C(=O)[C@@H]4C[C@@H](O)CN4C(=O)[C@H]3C2)cc1. The van der Waals surface area contributed by atoms with Crippen molar-refractivity contribution in [2.75, 3.05) is 33.3 Å². The second kappa shape index (κ2) is 6.31. The third kappa shape index (κ3) is 2.87. The van der Waals surface area contributed by atoms with Gasteiger partial charge in [-0.2, -0.15) is 0 Å². The molecule has 2 amide bonds. The summed E-state index contributed by atoms with van der Waals surface area (Å²) in [5.74, 6) is 0.783. The van der Waals surface area contributed by atoms with E-state index in [1.165, 1.54) is 0 Å². The van der Waals surface area contributed by atoms with E-state index in [1.54, 1.807) is 16.9 Å². The number of rotatable bonds is 3. The Morgan fingerprint density at radius 1 is 1.04 bits per heavy atom. The van der Waals surface area contributed by atoms with Crippen LogP contribution in [0.4, 0.5) is 0 Å². The normalized spacial score (nSPS) is 29.6. The number of hydrogen-bond acceptors (Lipinski definition) is 5. The summed E-state index contributed by atoms with van der Waals surface area (Å²) in [6.07, 6.45) is -0.224. The van der Waals surface area contributed by atoms with Crippen LogP contribution in [0.5, 0.6) is 5.75 Å². The highest BCUT2D eigenvalue weighted by Crippen LogP contribution is 2.29. The number of aliphatic hydroxyl groups is 1. The van der Waals surface area contributed by atoms with E-state index in [0.717, 1.165) is 24.4 Å². The highest BCUT2D eigenvalue weighted by atomic mass is 16.5. The highest BCUT2D eigenvalue weighted by molar-refractivity contribution is 5.97. The minimum Gasteiger partial charge on any atom is -0.497 e. The lowest BCUT2D eigenvalue weighted by Gasteiger charge is -2.47. The van der Waals surface area contributed by atoms with Gasteiger partial charge in [0, 0.05) is 39.1 Å². The van der Waals surface area contributed by atoms with Gasteiger partial charge in [0.2, 0.25) is 11.8 Å². The van der Waals surface area contributed by atoms with Gasteiger partial charge in [-0.25, -0.2) is 0 Å². The molecule has 1 aromatic rings. The molecule has 4 rings (SSSR count). The van der Waals surface area contributed by atoms with Gasteiger partial charge in [0.1, 0.15) is 17.8 Å². The summed E-state index contributed by atoms with van der Waals surface area (Å²) in [6, 6.07) is 7.00. The maximum Gasteiger partial charge on any atom is 0.247 e. The van der Waals surface area contributed by atoms with Crippen LogP contribution in [0.25, 0.3) is 0 Å². The maximum atomic E-state index is 12.8. The lowest BCUT2D eigenvalue weighted by atomic mass is 10.0. The number of piperazine rings is 2. The molecule has 0 aliphatic carbocycles. The first-order valence-electron chi connectivity index (χ1n) is 8.71. The molecule has 1 N–H and O–H groups in total. The molecular weight excluding hydrogens is 322 g/mol. The van der Waals surface area contributed by atoms with Crippen molar-refractivity contribution in [2.45, 2.75) is 31.2 Å². The van der Waals surface area contributed by atoms with Gasteiger partial charge in [-0.05, 0) is 17.7 Å². The van der Waals surface area contributed by atoms with E-state index < -0.39 is 18.2 Å². The number of fused-ring (bicyclic) bond motifs is 2. The summed E-state index contributed by atoms with van der Waals surface area (Å²) in [6.45, 7) is 2.86. The van der Waals surface area contributed by atoms with Crippen molar-refractivity contribution < 1.29 is 19.4 Å². The van der Waals surface area contributed by atoms with Crippen molar-refractivity contribution >= 4 is 11.8 Å². The molecular formula is C18H23N3O4. The van der Waals surface area contributed by atoms with Crippen LogP contribution < -0.4 is 4.74 Å². The van der Waals surface area contributed by atoms with E-state index >= 15 is 0 Å². The third-order valence-corrected chi connectivity index (χ3v) is 5.45. The fraction of sp³-hybridized carbons (Fsp3) is 0.556. The predicted molar refractivity (Wildman–Crippen MR) is 89.9 cm³/mol. The number of amides is 2. The van der Waals surface area contributed by atoms with Gasteiger partial charge in [-0.1, -0.05) is 12.1 Å². The van der Waals surface area contributed by atoms with Gasteiger partial charge in [0.25, 0.3) is 0 Å². The van der Waals surface area contributed by atoms with E-state index in [-0.39, 0.29) is 18.4 Å². The topological polar surface area (TPSA) is 73.3 Å². The van der Waals surface area contributed by atoms with Crippen molar-refractivity contribution in [1.82, 2.24) is 14.7 Å². The second-order valence-electron chi connectivity index (χ2n) is 7.03. The summed E-state index contributed by atoms with van der Waals surface area (Å²) in [4.78, 5) is 30.9. The van der Waals surface area contributed by atoms with Gasteiger partial charge < -0.3 is 19.6 Å². The quantitative estimate of drug-likeness (QED) is 0.813. The molecule has 25 heavy (non-hydrogen) atoms. The van der Waals surface area contributed by atoms with Gasteiger partial charge in [-0.15, -0.1) is 0 Å². The van der Waals surface area contributed by atoms with Gasteiger partial charge in [0.05, 0.1) is 13.2 Å². The summed E-state index contributed by atoms with van der Waals surface area (Å²) in [5, 5.41) is 9.83.